The van der Waals surface area contributed by atoms with E-state index in [4.69, 9.17) is 0 Å². The highest BCUT2D eigenvalue weighted by Gasteiger charge is 2.39. The monoisotopic (exact) mass is 341 g/mol. The zero-order valence-electron chi connectivity index (χ0n) is 15.7. The first-order valence-corrected chi connectivity index (χ1v) is 10.7. The lowest BCUT2D eigenvalue weighted by atomic mass is 9.71. The van der Waals surface area contributed by atoms with E-state index in [2.05, 4.69) is 35.2 Å². The molecule has 4 fully saturated rings. The first-order chi connectivity index (χ1) is 12.2. The number of rotatable bonds is 5. The van der Waals surface area contributed by atoms with E-state index in [1.165, 1.54) is 70.9 Å². The molecule has 2 saturated carbocycles. The minimum Gasteiger partial charge on any atom is -0.385 e. The molecule has 1 unspecified atom stereocenters. The van der Waals surface area contributed by atoms with E-state index in [0.717, 1.165) is 30.4 Å². The third-order valence-corrected chi connectivity index (χ3v) is 7.36. The molecule has 2 nitrogen and oxygen atoms in total. The van der Waals surface area contributed by atoms with Gasteiger partial charge in [0.2, 0.25) is 0 Å². The topological polar surface area (TPSA) is 23.5 Å². The Morgan fingerprint density at radius 3 is 2.04 bits per heavy atom. The molecule has 2 heteroatoms. The Balaban J connectivity index is 1.48. The van der Waals surface area contributed by atoms with E-state index in [1.54, 1.807) is 0 Å². The second kappa shape index (κ2) is 7.80. The average molecular weight is 342 g/mol. The molecule has 2 bridgehead atoms. The van der Waals surface area contributed by atoms with Crippen molar-refractivity contribution in [1.82, 2.24) is 4.90 Å². The minimum atomic E-state index is -0.632. The lowest BCUT2D eigenvalue weighted by Gasteiger charge is -2.40. The van der Waals surface area contributed by atoms with Gasteiger partial charge in [-0.3, -0.25) is 0 Å². The van der Waals surface area contributed by atoms with E-state index < -0.39 is 5.60 Å². The van der Waals surface area contributed by atoms with Crippen molar-refractivity contribution in [2.45, 2.75) is 69.8 Å². The number of fused-ring (bicyclic) bond motifs is 4. The van der Waals surface area contributed by atoms with Crippen LogP contribution in [-0.2, 0) is 5.60 Å². The molecule has 2 aliphatic carbocycles. The van der Waals surface area contributed by atoms with E-state index in [9.17, 15) is 5.11 Å². The molecule has 1 atom stereocenters. The van der Waals surface area contributed by atoms with Gasteiger partial charge in [0.05, 0.1) is 5.60 Å². The average Bonchev–Trinajstić information content (AvgIpc) is 3.00. The summed E-state index contributed by atoms with van der Waals surface area (Å²) in [7, 11) is 0. The Kier molecular flexibility index (Phi) is 5.47. The molecular weight excluding hydrogens is 306 g/mol. The molecule has 0 aromatic heterocycles. The van der Waals surface area contributed by atoms with Crippen LogP contribution in [0.15, 0.2) is 30.3 Å². The summed E-state index contributed by atoms with van der Waals surface area (Å²) in [4.78, 5) is 2.69. The van der Waals surface area contributed by atoms with Crippen LogP contribution in [0, 0.1) is 17.8 Å². The van der Waals surface area contributed by atoms with Crippen molar-refractivity contribution in [1.29, 1.82) is 0 Å². The predicted molar refractivity (Wildman–Crippen MR) is 103 cm³/mol. The van der Waals surface area contributed by atoms with Crippen molar-refractivity contribution in [3.8, 4) is 0 Å². The van der Waals surface area contributed by atoms with Crippen molar-refractivity contribution < 1.29 is 5.11 Å². The molecule has 1 aromatic rings. The fourth-order valence-electron chi connectivity index (χ4n) is 5.80. The Bertz CT molecular complexity index is 516. The van der Waals surface area contributed by atoms with Gasteiger partial charge in [-0.15, -0.1) is 0 Å². The maximum absolute atomic E-state index is 11.8. The van der Waals surface area contributed by atoms with Crippen LogP contribution in [0.5, 0.6) is 0 Å². The minimum absolute atomic E-state index is 0.437. The van der Waals surface area contributed by atoms with Gasteiger partial charge in [-0.2, -0.15) is 0 Å². The number of hydrogen-bond acceptors (Lipinski definition) is 2. The van der Waals surface area contributed by atoms with Gasteiger partial charge in [-0.1, -0.05) is 49.6 Å². The molecule has 2 saturated heterocycles. The van der Waals surface area contributed by atoms with Gasteiger partial charge in [0.25, 0.3) is 0 Å². The lowest BCUT2D eigenvalue weighted by molar-refractivity contribution is -0.0525. The smallest absolute Gasteiger partial charge is 0.0936 e. The summed E-state index contributed by atoms with van der Waals surface area (Å²) in [6.45, 7) is 3.60. The Morgan fingerprint density at radius 1 is 0.840 bits per heavy atom. The number of aliphatic hydroxyl groups is 1. The predicted octanol–water partition coefficient (Wildman–Crippen LogP) is 4.97. The van der Waals surface area contributed by atoms with Gasteiger partial charge >= 0.3 is 0 Å². The van der Waals surface area contributed by atoms with Crippen LogP contribution in [0.3, 0.4) is 0 Å². The fraction of sp³-hybridized carbons (Fsp3) is 0.739. The van der Waals surface area contributed by atoms with Gasteiger partial charge in [0, 0.05) is 19.6 Å². The molecule has 2 aliphatic heterocycles. The molecular formula is C23H35NO. The number of hydrogen-bond donors (Lipinski definition) is 1. The van der Waals surface area contributed by atoms with Crippen LogP contribution < -0.4 is 0 Å². The van der Waals surface area contributed by atoms with Crippen molar-refractivity contribution in [3.05, 3.63) is 35.9 Å². The van der Waals surface area contributed by atoms with Crippen molar-refractivity contribution in [2.24, 2.45) is 17.8 Å². The van der Waals surface area contributed by atoms with Gasteiger partial charge in [-0.05, 0) is 68.3 Å². The Morgan fingerprint density at radius 2 is 1.44 bits per heavy atom. The Hall–Kier alpha value is -0.860. The second-order valence-corrected chi connectivity index (χ2v) is 9.02. The second-order valence-electron chi connectivity index (χ2n) is 9.02. The van der Waals surface area contributed by atoms with Crippen LogP contribution in [0.4, 0.5) is 0 Å². The summed E-state index contributed by atoms with van der Waals surface area (Å²) < 4.78 is 0. The van der Waals surface area contributed by atoms with Crippen LogP contribution in [0.2, 0.25) is 0 Å². The molecule has 2 heterocycles. The summed E-state index contributed by atoms with van der Waals surface area (Å²) in [6, 6.07) is 10.6. The summed E-state index contributed by atoms with van der Waals surface area (Å²) >= 11 is 0. The number of nitrogens with zero attached hydrogens (tertiary/aromatic N) is 1. The first-order valence-electron chi connectivity index (χ1n) is 10.7. The van der Waals surface area contributed by atoms with Crippen LogP contribution in [-0.4, -0.2) is 29.6 Å². The van der Waals surface area contributed by atoms with Crippen molar-refractivity contribution in [2.75, 3.05) is 19.6 Å². The summed E-state index contributed by atoms with van der Waals surface area (Å²) in [5, 5.41) is 11.8. The maximum Gasteiger partial charge on any atom is 0.0936 e. The summed E-state index contributed by atoms with van der Waals surface area (Å²) in [5.74, 6) is 2.27. The molecule has 0 amide bonds. The SMILES string of the molecule is OC(CCN1CC2CCC(CC2)C1)(c1ccccc1)C1CCCCC1. The normalized spacial score (nSPS) is 30.8. The lowest BCUT2D eigenvalue weighted by Crippen LogP contribution is -2.41. The highest BCUT2D eigenvalue weighted by molar-refractivity contribution is 5.23. The van der Waals surface area contributed by atoms with Crippen LogP contribution in [0.25, 0.3) is 0 Å². The van der Waals surface area contributed by atoms with Gasteiger partial charge in [-0.25, -0.2) is 0 Å². The number of benzene rings is 1. The van der Waals surface area contributed by atoms with Gasteiger partial charge < -0.3 is 10.0 Å². The molecule has 138 valence electrons. The van der Waals surface area contributed by atoms with Crippen molar-refractivity contribution in [3.63, 3.8) is 0 Å². The highest BCUT2D eigenvalue weighted by Crippen LogP contribution is 2.42. The molecule has 0 radical (unpaired) electrons. The van der Waals surface area contributed by atoms with Crippen LogP contribution >= 0.6 is 0 Å². The third-order valence-electron chi connectivity index (χ3n) is 7.36. The standard InChI is InChI=1S/C23H35NO/c25-23(21-7-3-1-4-8-21,22-9-5-2-6-10-22)15-16-24-17-19-11-12-20(18-24)14-13-19/h1,3-4,7-8,19-20,22,25H,2,5-6,9-18H2. The molecule has 25 heavy (non-hydrogen) atoms. The fourth-order valence-corrected chi connectivity index (χ4v) is 5.80. The van der Waals surface area contributed by atoms with E-state index >= 15 is 0 Å². The van der Waals surface area contributed by atoms with E-state index in [1.807, 2.05) is 0 Å². The van der Waals surface area contributed by atoms with E-state index in [0.29, 0.717) is 5.92 Å². The summed E-state index contributed by atoms with van der Waals surface area (Å²) in [5.41, 5.74) is 0.521. The highest BCUT2D eigenvalue weighted by atomic mass is 16.3. The molecule has 1 N–H and O–H groups in total. The first kappa shape index (κ1) is 17.5. The zero-order chi connectivity index (χ0) is 17.1. The molecule has 0 spiro atoms. The quantitative estimate of drug-likeness (QED) is 0.817. The third kappa shape index (κ3) is 3.95. The summed E-state index contributed by atoms with van der Waals surface area (Å²) in [6.07, 6.45) is 12.9. The largest absolute Gasteiger partial charge is 0.385 e. The van der Waals surface area contributed by atoms with Gasteiger partial charge in [0.15, 0.2) is 0 Å². The van der Waals surface area contributed by atoms with Crippen LogP contribution in [0.1, 0.15) is 69.8 Å². The zero-order valence-corrected chi connectivity index (χ0v) is 15.7. The molecule has 1 aromatic carbocycles. The molecule has 4 aliphatic rings. The molecule has 5 rings (SSSR count). The van der Waals surface area contributed by atoms with Crippen molar-refractivity contribution >= 4 is 0 Å². The van der Waals surface area contributed by atoms with E-state index in [-0.39, 0.29) is 0 Å². The Labute approximate surface area is 153 Å². The maximum atomic E-state index is 11.8. The van der Waals surface area contributed by atoms with Gasteiger partial charge in [0.1, 0.15) is 0 Å².